The lowest BCUT2D eigenvalue weighted by atomic mass is 10.1. The van der Waals surface area contributed by atoms with Gasteiger partial charge >= 0.3 is 0 Å². The van der Waals surface area contributed by atoms with Gasteiger partial charge in [-0.1, -0.05) is 29.8 Å². The van der Waals surface area contributed by atoms with Crippen molar-refractivity contribution in [2.24, 2.45) is 4.99 Å². The summed E-state index contributed by atoms with van der Waals surface area (Å²) < 4.78 is 24.6. The Hall–Kier alpha value is -2.31. The molecule has 0 radical (unpaired) electrons. The molecule has 0 bridgehead atoms. The Labute approximate surface area is 157 Å². The first-order valence-corrected chi connectivity index (χ1v) is 8.82. The Morgan fingerprint density at radius 2 is 2.08 bits per heavy atom. The minimum absolute atomic E-state index is 0.167. The Morgan fingerprint density at radius 3 is 2.88 bits per heavy atom. The third kappa shape index (κ3) is 4.65. The van der Waals surface area contributed by atoms with E-state index in [1.807, 2.05) is 31.2 Å². The van der Waals surface area contributed by atoms with Gasteiger partial charge in [0.25, 0.3) is 0 Å². The minimum atomic E-state index is -0.322. The topological polar surface area (TPSA) is 54.9 Å². The number of ether oxygens (including phenoxy) is 2. The smallest absolute Gasteiger partial charge is 0.191 e. The van der Waals surface area contributed by atoms with Crippen LogP contribution in [-0.4, -0.2) is 19.3 Å². The van der Waals surface area contributed by atoms with Gasteiger partial charge in [0.2, 0.25) is 0 Å². The van der Waals surface area contributed by atoms with E-state index in [0.29, 0.717) is 47.6 Å². The third-order valence-corrected chi connectivity index (χ3v) is 4.28. The fraction of sp³-hybridized carbons (Fsp3) is 0.316. The summed E-state index contributed by atoms with van der Waals surface area (Å²) in [6.45, 7) is 4.03. The van der Waals surface area contributed by atoms with Crippen LogP contribution in [0.2, 0.25) is 5.02 Å². The van der Waals surface area contributed by atoms with Crippen molar-refractivity contribution in [1.82, 2.24) is 10.6 Å². The molecule has 0 fully saturated rings. The van der Waals surface area contributed by atoms with Crippen LogP contribution in [0.3, 0.4) is 0 Å². The number of fused-ring (bicyclic) bond motifs is 1. The van der Waals surface area contributed by atoms with Crippen LogP contribution in [0.5, 0.6) is 5.75 Å². The first kappa shape index (κ1) is 18.5. The van der Waals surface area contributed by atoms with Crippen LogP contribution < -0.4 is 15.4 Å². The Kier molecular flexibility index (Phi) is 6.30. The number of nitrogens with zero attached hydrogens (tertiary/aromatic N) is 1. The molecule has 0 aliphatic carbocycles. The van der Waals surface area contributed by atoms with Crippen molar-refractivity contribution in [3.63, 3.8) is 0 Å². The molecule has 0 atom stereocenters. The highest BCUT2D eigenvalue weighted by atomic mass is 35.5. The number of guanidine groups is 1. The lowest BCUT2D eigenvalue weighted by molar-refractivity contribution is -0.0172. The fourth-order valence-corrected chi connectivity index (χ4v) is 2.90. The third-order valence-electron chi connectivity index (χ3n) is 3.91. The van der Waals surface area contributed by atoms with Gasteiger partial charge in [-0.05, 0) is 30.7 Å². The zero-order valence-electron chi connectivity index (χ0n) is 14.5. The highest BCUT2D eigenvalue weighted by molar-refractivity contribution is 6.31. The van der Waals surface area contributed by atoms with Crippen LogP contribution in [0.15, 0.2) is 41.4 Å². The molecular weight excluding hydrogens is 357 g/mol. The number of halogens is 2. The van der Waals surface area contributed by atoms with Gasteiger partial charge in [-0.3, -0.25) is 0 Å². The van der Waals surface area contributed by atoms with Gasteiger partial charge in [-0.2, -0.15) is 0 Å². The number of aliphatic imine (C=N–C) groups is 1. The summed E-state index contributed by atoms with van der Waals surface area (Å²) in [6.07, 6.45) is 0. The van der Waals surface area contributed by atoms with E-state index in [4.69, 9.17) is 21.1 Å². The molecule has 2 aromatic rings. The van der Waals surface area contributed by atoms with Gasteiger partial charge in [-0.25, -0.2) is 9.38 Å². The van der Waals surface area contributed by atoms with Gasteiger partial charge in [0.05, 0.1) is 13.2 Å². The lowest BCUT2D eigenvalue weighted by Crippen LogP contribution is -2.36. The zero-order chi connectivity index (χ0) is 18.4. The molecule has 3 rings (SSSR count). The van der Waals surface area contributed by atoms with E-state index in [0.717, 1.165) is 5.56 Å². The second kappa shape index (κ2) is 8.87. The molecule has 0 aromatic heterocycles. The molecule has 2 N–H and O–H groups in total. The maximum absolute atomic E-state index is 13.8. The van der Waals surface area contributed by atoms with Crippen molar-refractivity contribution >= 4 is 17.6 Å². The largest absolute Gasteiger partial charge is 0.467 e. The summed E-state index contributed by atoms with van der Waals surface area (Å²) in [5.41, 5.74) is 2.37. The standard InChI is InChI=1S/C19H21ClFN3O2/c1-2-22-19(23-9-13-5-3-4-6-17(13)20)24-10-14-7-16(21)8-15-11-25-12-26-18(14)15/h3-8H,2,9-12H2,1H3,(H2,22,23,24). The van der Waals surface area contributed by atoms with Crippen LogP contribution >= 0.6 is 11.6 Å². The quantitative estimate of drug-likeness (QED) is 0.617. The summed E-state index contributed by atoms with van der Waals surface area (Å²) in [4.78, 5) is 4.54. The molecule has 0 saturated heterocycles. The molecule has 0 spiro atoms. The van der Waals surface area contributed by atoms with Crippen LogP contribution in [0, 0.1) is 5.82 Å². The molecule has 0 amide bonds. The second-order valence-electron chi connectivity index (χ2n) is 5.80. The Bertz CT molecular complexity index is 798. The molecule has 138 valence electrons. The van der Waals surface area contributed by atoms with Gasteiger partial charge in [0.15, 0.2) is 12.8 Å². The first-order valence-electron chi connectivity index (χ1n) is 8.44. The number of benzene rings is 2. The summed E-state index contributed by atoms with van der Waals surface area (Å²) in [6, 6.07) is 10.5. The van der Waals surface area contributed by atoms with E-state index in [1.165, 1.54) is 12.1 Å². The molecular formula is C19H21ClFN3O2. The molecule has 1 aliphatic heterocycles. The molecule has 0 saturated carbocycles. The number of hydrogen-bond acceptors (Lipinski definition) is 3. The van der Waals surface area contributed by atoms with Crippen LogP contribution in [0.4, 0.5) is 4.39 Å². The number of rotatable bonds is 5. The molecule has 1 aliphatic rings. The van der Waals surface area contributed by atoms with Crippen molar-refractivity contribution in [2.75, 3.05) is 13.3 Å². The van der Waals surface area contributed by atoms with Crippen LogP contribution in [0.25, 0.3) is 0 Å². The van der Waals surface area contributed by atoms with Gasteiger partial charge < -0.3 is 20.1 Å². The fourth-order valence-electron chi connectivity index (χ4n) is 2.70. The van der Waals surface area contributed by atoms with E-state index < -0.39 is 0 Å². The van der Waals surface area contributed by atoms with Crippen molar-refractivity contribution in [3.05, 3.63) is 63.9 Å². The Morgan fingerprint density at radius 1 is 1.23 bits per heavy atom. The molecule has 2 aromatic carbocycles. The molecule has 0 unspecified atom stereocenters. The van der Waals surface area contributed by atoms with Crippen molar-refractivity contribution in [1.29, 1.82) is 0 Å². The van der Waals surface area contributed by atoms with Crippen molar-refractivity contribution in [3.8, 4) is 5.75 Å². The van der Waals surface area contributed by atoms with E-state index in [2.05, 4.69) is 15.6 Å². The van der Waals surface area contributed by atoms with E-state index in [1.54, 1.807) is 0 Å². The lowest BCUT2D eigenvalue weighted by Gasteiger charge is -2.20. The second-order valence-corrected chi connectivity index (χ2v) is 6.21. The SMILES string of the molecule is CCNC(=NCc1cc(F)cc2c1OCOC2)NCc1ccccc1Cl. The average molecular weight is 378 g/mol. The highest BCUT2D eigenvalue weighted by Crippen LogP contribution is 2.29. The van der Waals surface area contributed by atoms with Crippen LogP contribution in [0.1, 0.15) is 23.6 Å². The number of nitrogens with one attached hydrogen (secondary N) is 2. The summed E-state index contributed by atoms with van der Waals surface area (Å²) >= 11 is 6.18. The normalized spacial score (nSPS) is 13.7. The summed E-state index contributed by atoms with van der Waals surface area (Å²) in [5.74, 6) is 0.956. The molecule has 5 nitrogen and oxygen atoms in total. The zero-order valence-corrected chi connectivity index (χ0v) is 15.3. The first-order chi connectivity index (χ1) is 12.7. The minimum Gasteiger partial charge on any atom is -0.467 e. The van der Waals surface area contributed by atoms with E-state index in [9.17, 15) is 4.39 Å². The van der Waals surface area contributed by atoms with Gasteiger partial charge in [-0.15, -0.1) is 0 Å². The molecule has 7 heteroatoms. The summed E-state index contributed by atoms with van der Waals surface area (Å²) in [7, 11) is 0. The van der Waals surface area contributed by atoms with Crippen molar-refractivity contribution < 1.29 is 13.9 Å². The Balaban J connectivity index is 1.73. The highest BCUT2D eigenvalue weighted by Gasteiger charge is 2.16. The van der Waals surface area contributed by atoms with Crippen LogP contribution in [-0.2, 0) is 24.4 Å². The predicted molar refractivity (Wildman–Crippen MR) is 99.8 cm³/mol. The van der Waals surface area contributed by atoms with Gasteiger partial charge in [0.1, 0.15) is 11.6 Å². The van der Waals surface area contributed by atoms with Crippen molar-refractivity contribution in [2.45, 2.75) is 26.6 Å². The van der Waals surface area contributed by atoms with Gasteiger partial charge in [0, 0.05) is 29.2 Å². The average Bonchev–Trinajstić information content (AvgIpc) is 2.64. The number of hydrogen-bond donors (Lipinski definition) is 2. The maximum Gasteiger partial charge on any atom is 0.191 e. The maximum atomic E-state index is 13.8. The van der Waals surface area contributed by atoms with E-state index >= 15 is 0 Å². The monoisotopic (exact) mass is 377 g/mol. The molecule has 26 heavy (non-hydrogen) atoms. The molecule has 1 heterocycles. The van der Waals surface area contributed by atoms with E-state index in [-0.39, 0.29) is 19.2 Å². The predicted octanol–water partition coefficient (Wildman–Crippen LogP) is 3.60. The summed E-state index contributed by atoms with van der Waals surface area (Å²) in [5, 5.41) is 7.11.